The topological polar surface area (TPSA) is 113 Å². The molecule has 0 aliphatic carbocycles. The molecule has 0 aromatic heterocycles. The van der Waals surface area contributed by atoms with E-state index in [2.05, 4.69) is 5.32 Å². The third kappa shape index (κ3) is 6.38. The minimum atomic E-state index is -0.969. The van der Waals surface area contributed by atoms with Crippen LogP contribution in [-0.4, -0.2) is 41.3 Å². The quantitative estimate of drug-likeness (QED) is 0.413. The molecule has 0 amide bonds. The molecular formula is C8H16N2O4. The summed E-state index contributed by atoms with van der Waals surface area (Å²) in [6.07, 6.45) is 0.953. The van der Waals surface area contributed by atoms with Crippen molar-refractivity contribution >= 4 is 11.9 Å². The molecule has 0 bridgehead atoms. The number of carboxylic acid groups (broad SMARTS) is 2. The van der Waals surface area contributed by atoms with E-state index in [4.69, 9.17) is 15.9 Å². The van der Waals surface area contributed by atoms with Crippen LogP contribution in [0.1, 0.15) is 19.3 Å². The zero-order valence-corrected chi connectivity index (χ0v) is 7.90. The first-order valence-corrected chi connectivity index (χ1v) is 4.46. The van der Waals surface area contributed by atoms with Crippen molar-refractivity contribution in [1.29, 1.82) is 0 Å². The summed E-state index contributed by atoms with van der Waals surface area (Å²) in [6, 6.07) is -0.696. The van der Waals surface area contributed by atoms with Crippen LogP contribution in [0.4, 0.5) is 0 Å². The van der Waals surface area contributed by atoms with Gasteiger partial charge in [0.25, 0.3) is 0 Å². The highest BCUT2D eigenvalue weighted by Gasteiger charge is 2.15. The second-order valence-corrected chi connectivity index (χ2v) is 2.92. The van der Waals surface area contributed by atoms with Crippen molar-refractivity contribution in [2.24, 2.45) is 5.73 Å². The molecule has 0 radical (unpaired) electrons. The lowest BCUT2D eigenvalue weighted by molar-refractivity contribution is -0.141. The maximum absolute atomic E-state index is 10.6. The first-order chi connectivity index (χ1) is 6.57. The number of hydrogen-bond acceptors (Lipinski definition) is 4. The third-order valence-corrected chi connectivity index (χ3v) is 1.72. The summed E-state index contributed by atoms with van der Waals surface area (Å²) in [6.45, 7) is 0.598. The van der Waals surface area contributed by atoms with E-state index in [9.17, 15) is 9.59 Å². The minimum Gasteiger partial charge on any atom is -0.481 e. The Kier molecular flexibility index (Phi) is 6.69. The Bertz CT molecular complexity index is 196. The highest BCUT2D eigenvalue weighted by molar-refractivity contribution is 5.73. The van der Waals surface area contributed by atoms with Crippen LogP contribution in [0.3, 0.4) is 0 Å². The van der Waals surface area contributed by atoms with Crippen LogP contribution in [0.5, 0.6) is 0 Å². The van der Waals surface area contributed by atoms with Crippen molar-refractivity contribution in [2.75, 3.05) is 13.1 Å². The predicted octanol–water partition coefficient (Wildman–Crippen LogP) is -0.757. The van der Waals surface area contributed by atoms with E-state index in [1.165, 1.54) is 0 Å². The van der Waals surface area contributed by atoms with Crippen molar-refractivity contribution < 1.29 is 19.8 Å². The van der Waals surface area contributed by atoms with Crippen LogP contribution in [0, 0.1) is 0 Å². The monoisotopic (exact) mass is 204 g/mol. The Morgan fingerprint density at radius 2 is 2.00 bits per heavy atom. The molecular weight excluding hydrogens is 188 g/mol. The van der Waals surface area contributed by atoms with Gasteiger partial charge in [-0.25, -0.2) is 0 Å². The molecule has 82 valence electrons. The fourth-order valence-electron chi connectivity index (χ4n) is 0.988. The first-order valence-electron chi connectivity index (χ1n) is 4.46. The molecule has 0 aliphatic rings. The van der Waals surface area contributed by atoms with E-state index in [0.29, 0.717) is 19.4 Å². The summed E-state index contributed by atoms with van der Waals surface area (Å²) in [5, 5.41) is 19.7. The number of aliphatic carboxylic acids is 2. The number of nitrogens with two attached hydrogens (primary N) is 1. The van der Waals surface area contributed by atoms with E-state index in [0.717, 1.165) is 0 Å². The summed E-state index contributed by atoms with van der Waals surface area (Å²) >= 11 is 0. The number of hydrogen-bond donors (Lipinski definition) is 4. The first kappa shape index (κ1) is 12.9. The highest BCUT2D eigenvalue weighted by atomic mass is 16.4. The van der Waals surface area contributed by atoms with Gasteiger partial charge in [-0.1, -0.05) is 0 Å². The normalized spacial score (nSPS) is 12.4. The van der Waals surface area contributed by atoms with Gasteiger partial charge >= 0.3 is 11.9 Å². The molecule has 5 N–H and O–H groups in total. The summed E-state index contributed by atoms with van der Waals surface area (Å²) in [7, 11) is 0. The number of carbonyl (C=O) groups is 2. The largest absolute Gasteiger partial charge is 0.481 e. The Labute approximate surface area is 82.1 Å². The summed E-state index contributed by atoms with van der Waals surface area (Å²) in [5.74, 6) is -1.91. The summed E-state index contributed by atoms with van der Waals surface area (Å²) < 4.78 is 0. The van der Waals surface area contributed by atoms with E-state index in [1.807, 2.05) is 0 Å². The number of carboxylic acids is 2. The molecule has 0 rings (SSSR count). The molecule has 0 heterocycles. The van der Waals surface area contributed by atoms with Gasteiger partial charge in [-0.15, -0.1) is 0 Å². The van der Waals surface area contributed by atoms with Gasteiger partial charge in [-0.3, -0.25) is 9.59 Å². The predicted molar refractivity (Wildman–Crippen MR) is 50.0 cm³/mol. The molecule has 0 fully saturated rings. The molecule has 14 heavy (non-hydrogen) atoms. The molecule has 0 aromatic rings. The van der Waals surface area contributed by atoms with Crippen molar-refractivity contribution in [1.82, 2.24) is 5.32 Å². The van der Waals surface area contributed by atoms with Gasteiger partial charge in [0, 0.05) is 6.54 Å². The average molecular weight is 204 g/mol. The smallest absolute Gasteiger partial charge is 0.320 e. The second-order valence-electron chi connectivity index (χ2n) is 2.92. The van der Waals surface area contributed by atoms with E-state index in [1.54, 1.807) is 0 Å². The van der Waals surface area contributed by atoms with Crippen LogP contribution in [0.25, 0.3) is 0 Å². The van der Waals surface area contributed by atoms with Crippen molar-refractivity contribution in [2.45, 2.75) is 25.3 Å². The van der Waals surface area contributed by atoms with Gasteiger partial charge in [-0.2, -0.15) is 0 Å². The second kappa shape index (κ2) is 7.28. The third-order valence-electron chi connectivity index (χ3n) is 1.72. The summed E-state index contributed by atoms with van der Waals surface area (Å²) in [4.78, 5) is 20.8. The molecule has 6 nitrogen and oxygen atoms in total. The average Bonchev–Trinajstić information content (AvgIpc) is 2.09. The number of rotatable bonds is 8. The molecule has 6 heteroatoms. The van der Waals surface area contributed by atoms with Crippen LogP contribution < -0.4 is 11.1 Å². The van der Waals surface area contributed by atoms with Gasteiger partial charge in [0.15, 0.2) is 0 Å². The SMILES string of the molecule is NCCCC(NCCC(=O)O)C(=O)O. The van der Waals surface area contributed by atoms with E-state index in [-0.39, 0.29) is 13.0 Å². The Morgan fingerprint density at radius 3 is 2.43 bits per heavy atom. The lowest BCUT2D eigenvalue weighted by Crippen LogP contribution is -2.38. The maximum Gasteiger partial charge on any atom is 0.320 e. The highest BCUT2D eigenvalue weighted by Crippen LogP contribution is 1.96. The molecule has 0 aromatic carbocycles. The Hall–Kier alpha value is -1.14. The van der Waals surface area contributed by atoms with E-state index >= 15 is 0 Å². The fourth-order valence-corrected chi connectivity index (χ4v) is 0.988. The van der Waals surface area contributed by atoms with Crippen LogP contribution in [-0.2, 0) is 9.59 Å². The van der Waals surface area contributed by atoms with Gasteiger partial charge in [0.05, 0.1) is 6.42 Å². The van der Waals surface area contributed by atoms with Crippen molar-refractivity contribution in [3.63, 3.8) is 0 Å². The van der Waals surface area contributed by atoms with Gasteiger partial charge in [0.1, 0.15) is 6.04 Å². The minimum absolute atomic E-state index is 0.0770. The van der Waals surface area contributed by atoms with Gasteiger partial charge < -0.3 is 21.3 Å². The zero-order chi connectivity index (χ0) is 11.0. The summed E-state index contributed by atoms with van der Waals surface area (Å²) in [5.41, 5.74) is 5.24. The lowest BCUT2D eigenvalue weighted by Gasteiger charge is -2.12. The molecule has 0 saturated heterocycles. The van der Waals surface area contributed by atoms with Gasteiger partial charge in [-0.05, 0) is 19.4 Å². The van der Waals surface area contributed by atoms with Crippen LogP contribution in [0.2, 0.25) is 0 Å². The van der Waals surface area contributed by atoms with E-state index < -0.39 is 18.0 Å². The molecule has 1 atom stereocenters. The van der Waals surface area contributed by atoms with Crippen molar-refractivity contribution in [3.05, 3.63) is 0 Å². The zero-order valence-electron chi connectivity index (χ0n) is 7.90. The number of nitrogens with one attached hydrogen (secondary N) is 1. The Balaban J connectivity index is 3.73. The van der Waals surface area contributed by atoms with Gasteiger partial charge in [0.2, 0.25) is 0 Å². The standard InChI is InChI=1S/C8H16N2O4/c9-4-1-2-6(8(13)14)10-5-3-7(11)12/h6,10H,1-5,9H2,(H,11,12)(H,13,14). The Morgan fingerprint density at radius 1 is 1.36 bits per heavy atom. The fraction of sp³-hybridized carbons (Fsp3) is 0.750. The van der Waals surface area contributed by atoms with Crippen molar-refractivity contribution in [3.8, 4) is 0 Å². The van der Waals surface area contributed by atoms with Crippen LogP contribution >= 0.6 is 0 Å². The lowest BCUT2D eigenvalue weighted by atomic mass is 10.1. The molecule has 0 spiro atoms. The maximum atomic E-state index is 10.6. The molecule has 0 aliphatic heterocycles. The molecule has 1 unspecified atom stereocenters. The molecule has 0 saturated carbocycles. The van der Waals surface area contributed by atoms with Crippen LogP contribution in [0.15, 0.2) is 0 Å².